The molecule has 0 saturated heterocycles. The zero-order valence-electron chi connectivity index (χ0n) is 24.2. The summed E-state index contributed by atoms with van der Waals surface area (Å²) in [5.74, 6) is -1.04. The molecule has 230 valence electrons. The van der Waals surface area contributed by atoms with Gasteiger partial charge in [-0.2, -0.15) is 0 Å². The molecule has 0 heterocycles. The van der Waals surface area contributed by atoms with Gasteiger partial charge in [-0.15, -0.1) is 0 Å². The van der Waals surface area contributed by atoms with Gasteiger partial charge in [-0.3, -0.25) is 24.0 Å². The summed E-state index contributed by atoms with van der Waals surface area (Å²) >= 11 is 9.62. The first kappa shape index (κ1) is 33.8. The summed E-state index contributed by atoms with van der Waals surface area (Å²) in [6.45, 7) is 5.83. The van der Waals surface area contributed by atoms with Crippen LogP contribution in [0.25, 0.3) is 0 Å². The van der Waals surface area contributed by atoms with Crippen LogP contribution in [0.5, 0.6) is 5.75 Å². The van der Waals surface area contributed by atoms with Crippen molar-refractivity contribution < 1.29 is 27.7 Å². The lowest BCUT2D eigenvalue weighted by Gasteiger charge is -2.32. The van der Waals surface area contributed by atoms with Crippen molar-refractivity contribution in [1.29, 1.82) is 0 Å². The van der Waals surface area contributed by atoms with Gasteiger partial charge in [0.25, 0.3) is 15.7 Å². The lowest BCUT2D eigenvalue weighted by atomic mass is 10.1. The highest BCUT2D eigenvalue weighted by Gasteiger charge is 2.35. The smallest absolute Gasteiger partial charge is 0.273 e. The van der Waals surface area contributed by atoms with Crippen molar-refractivity contribution in [2.24, 2.45) is 0 Å². The molecule has 3 aromatic rings. The summed E-state index contributed by atoms with van der Waals surface area (Å²) in [4.78, 5) is 38.9. The molecule has 0 aromatic heterocycles. The Labute approximate surface area is 264 Å². The van der Waals surface area contributed by atoms with Crippen LogP contribution >= 0.6 is 27.5 Å². The molecule has 1 atom stereocenters. The van der Waals surface area contributed by atoms with Gasteiger partial charge in [0.05, 0.1) is 22.6 Å². The van der Waals surface area contributed by atoms with Gasteiger partial charge in [0.2, 0.25) is 11.8 Å². The molecule has 0 aliphatic rings. The number of aryl methyl sites for hydroxylation is 1. The number of ether oxygens (including phenoxy) is 1. The van der Waals surface area contributed by atoms with E-state index in [1.54, 1.807) is 45.0 Å². The molecule has 3 aromatic carbocycles. The lowest BCUT2D eigenvalue weighted by Crippen LogP contribution is -2.52. The van der Waals surface area contributed by atoms with Crippen molar-refractivity contribution >= 4 is 60.7 Å². The Balaban J connectivity index is 2.16. The number of hydrogen-bond donors (Lipinski definition) is 1. The number of nitrogens with zero attached hydrogens (tertiary/aromatic N) is 3. The molecule has 0 bridgehead atoms. The number of hydrogen-bond acceptors (Lipinski definition) is 7. The van der Waals surface area contributed by atoms with E-state index in [1.165, 1.54) is 49.3 Å². The maximum atomic E-state index is 14.2. The maximum absolute atomic E-state index is 14.2. The van der Waals surface area contributed by atoms with Crippen molar-refractivity contribution in [3.63, 3.8) is 0 Å². The van der Waals surface area contributed by atoms with Gasteiger partial charge in [-0.05, 0) is 69.7 Å². The maximum Gasteiger partial charge on any atom is 0.273 e. The minimum absolute atomic E-state index is 0.00460. The van der Waals surface area contributed by atoms with Crippen LogP contribution in [0.3, 0.4) is 0 Å². The topological polar surface area (TPSA) is 139 Å². The zero-order valence-corrected chi connectivity index (χ0v) is 27.4. The van der Waals surface area contributed by atoms with Gasteiger partial charge in [0, 0.05) is 33.7 Å². The predicted molar refractivity (Wildman–Crippen MR) is 168 cm³/mol. The van der Waals surface area contributed by atoms with E-state index in [0.717, 1.165) is 14.8 Å². The number of nitro groups is 1. The van der Waals surface area contributed by atoms with E-state index in [0.29, 0.717) is 5.56 Å². The molecule has 0 fully saturated rings. The standard InChI is InChI=1S/C29H32BrClN4O7S/c1-18(2)32-29(37)20(4)33(16-21-7-9-22(30)10-8-21)28(36)17-34(26-14-23(31)11-13-27(26)42-5)43(40,41)24-12-6-19(3)25(15-24)35(38)39/h6-15,18,20H,16-17H2,1-5H3,(H,32,37). The Hall–Kier alpha value is -3.68. The van der Waals surface area contributed by atoms with E-state index in [-0.39, 0.29) is 34.6 Å². The highest BCUT2D eigenvalue weighted by atomic mass is 79.9. The van der Waals surface area contributed by atoms with E-state index in [9.17, 15) is 28.1 Å². The lowest BCUT2D eigenvalue weighted by molar-refractivity contribution is -0.385. The Kier molecular flexibility index (Phi) is 11.2. The van der Waals surface area contributed by atoms with Crippen LogP contribution in [0.1, 0.15) is 31.9 Å². The third-order valence-electron chi connectivity index (χ3n) is 6.52. The number of halogens is 2. The molecule has 0 aliphatic carbocycles. The van der Waals surface area contributed by atoms with Crippen LogP contribution in [-0.4, -0.2) is 55.8 Å². The van der Waals surface area contributed by atoms with Crippen LogP contribution in [0.4, 0.5) is 11.4 Å². The fourth-order valence-corrected chi connectivity index (χ4v) is 6.09. The average molecular weight is 696 g/mol. The number of nitro benzene ring substituents is 1. The Morgan fingerprint density at radius 3 is 2.30 bits per heavy atom. The summed E-state index contributed by atoms with van der Waals surface area (Å²) in [7, 11) is -3.28. The second-order valence-electron chi connectivity index (χ2n) is 10.0. The van der Waals surface area contributed by atoms with Crippen LogP contribution in [-0.2, 0) is 26.2 Å². The molecule has 1 unspecified atom stereocenters. The number of carbonyl (C=O) groups excluding carboxylic acids is 2. The van der Waals surface area contributed by atoms with Gasteiger partial charge < -0.3 is 15.0 Å². The molecule has 0 radical (unpaired) electrons. The van der Waals surface area contributed by atoms with Crippen molar-refractivity contribution in [2.45, 2.75) is 51.2 Å². The molecule has 2 amide bonds. The number of carbonyl (C=O) groups is 2. The fraction of sp³-hybridized carbons (Fsp3) is 0.310. The second kappa shape index (κ2) is 14.2. The molecule has 0 aliphatic heterocycles. The van der Waals surface area contributed by atoms with Crippen LogP contribution in [0, 0.1) is 17.0 Å². The monoisotopic (exact) mass is 694 g/mol. The highest BCUT2D eigenvalue weighted by molar-refractivity contribution is 9.10. The number of amides is 2. The van der Waals surface area contributed by atoms with Gasteiger partial charge in [0.15, 0.2) is 0 Å². The number of rotatable bonds is 12. The second-order valence-corrected chi connectivity index (χ2v) is 13.2. The molecule has 1 N–H and O–H groups in total. The summed E-state index contributed by atoms with van der Waals surface area (Å²) in [5, 5.41) is 14.6. The number of sulfonamides is 1. The first-order valence-electron chi connectivity index (χ1n) is 13.1. The predicted octanol–water partition coefficient (Wildman–Crippen LogP) is 5.46. The minimum Gasteiger partial charge on any atom is -0.495 e. The van der Waals surface area contributed by atoms with Crippen LogP contribution in [0.2, 0.25) is 5.02 Å². The largest absolute Gasteiger partial charge is 0.495 e. The van der Waals surface area contributed by atoms with E-state index < -0.39 is 49.9 Å². The number of benzene rings is 3. The van der Waals surface area contributed by atoms with E-state index in [1.807, 2.05) is 0 Å². The summed E-state index contributed by atoms with van der Waals surface area (Å²) in [6.07, 6.45) is 0. The van der Waals surface area contributed by atoms with Crippen LogP contribution in [0.15, 0.2) is 70.0 Å². The van der Waals surface area contributed by atoms with E-state index in [4.69, 9.17) is 16.3 Å². The molecule has 11 nitrogen and oxygen atoms in total. The highest BCUT2D eigenvalue weighted by Crippen LogP contribution is 2.36. The third kappa shape index (κ3) is 8.24. The van der Waals surface area contributed by atoms with Gasteiger partial charge in [-0.25, -0.2) is 8.42 Å². The van der Waals surface area contributed by atoms with Crippen LogP contribution < -0.4 is 14.4 Å². The molecular weight excluding hydrogens is 664 g/mol. The van der Waals surface area contributed by atoms with Gasteiger partial charge in [0.1, 0.15) is 18.3 Å². The molecular formula is C29H32BrClN4O7S. The number of methoxy groups -OCH3 is 1. The summed E-state index contributed by atoms with van der Waals surface area (Å²) in [6, 6.07) is 13.7. The third-order valence-corrected chi connectivity index (χ3v) is 9.04. The molecule has 43 heavy (non-hydrogen) atoms. The zero-order chi connectivity index (χ0) is 32.1. The normalized spacial score (nSPS) is 12.0. The average Bonchev–Trinajstić information content (AvgIpc) is 2.94. The number of anilines is 1. The number of nitrogens with one attached hydrogen (secondary N) is 1. The summed E-state index contributed by atoms with van der Waals surface area (Å²) < 4.78 is 35.3. The van der Waals surface area contributed by atoms with Crippen molar-refractivity contribution in [1.82, 2.24) is 10.2 Å². The van der Waals surface area contributed by atoms with Gasteiger partial charge in [-0.1, -0.05) is 45.7 Å². The molecule has 3 rings (SSSR count). The Bertz CT molecular complexity index is 1620. The Morgan fingerprint density at radius 2 is 1.72 bits per heavy atom. The van der Waals surface area contributed by atoms with E-state index in [2.05, 4.69) is 21.2 Å². The fourth-order valence-electron chi connectivity index (χ4n) is 4.22. The minimum atomic E-state index is -4.61. The Morgan fingerprint density at radius 1 is 1.07 bits per heavy atom. The first-order chi connectivity index (χ1) is 20.1. The van der Waals surface area contributed by atoms with E-state index >= 15 is 0 Å². The summed E-state index contributed by atoms with van der Waals surface area (Å²) in [5.41, 5.74) is 0.498. The quantitative estimate of drug-likeness (QED) is 0.196. The molecule has 14 heteroatoms. The van der Waals surface area contributed by atoms with Gasteiger partial charge >= 0.3 is 0 Å². The van der Waals surface area contributed by atoms with Crippen molar-refractivity contribution in [3.8, 4) is 5.75 Å². The van der Waals surface area contributed by atoms with Crippen molar-refractivity contribution in [3.05, 3.63) is 91.4 Å². The first-order valence-corrected chi connectivity index (χ1v) is 15.7. The SMILES string of the molecule is COc1ccc(Cl)cc1N(CC(=O)N(Cc1ccc(Br)cc1)C(C)C(=O)NC(C)C)S(=O)(=O)c1ccc(C)c([N+](=O)[O-])c1. The molecule has 0 saturated carbocycles. The molecule has 0 spiro atoms. The van der Waals surface area contributed by atoms with Crippen molar-refractivity contribution in [2.75, 3.05) is 18.0 Å².